The van der Waals surface area contributed by atoms with Gasteiger partial charge in [-0.25, -0.2) is 0 Å². The summed E-state index contributed by atoms with van der Waals surface area (Å²) in [5.41, 5.74) is 4.64. The first-order valence-electron chi connectivity index (χ1n) is 10.4. The van der Waals surface area contributed by atoms with Crippen LogP contribution in [0.5, 0.6) is 5.75 Å². The van der Waals surface area contributed by atoms with E-state index in [1.165, 1.54) is 28.5 Å². The first-order chi connectivity index (χ1) is 15.3. The van der Waals surface area contributed by atoms with Crippen LogP contribution < -0.4 is 4.74 Å². The topological polar surface area (TPSA) is 87.1 Å². The van der Waals surface area contributed by atoms with E-state index < -0.39 is 0 Å². The number of hydrogen-bond donors (Lipinski definition) is 0. The van der Waals surface area contributed by atoms with E-state index in [0.29, 0.717) is 28.6 Å². The number of aromatic nitrogens is 4. The van der Waals surface area contributed by atoms with Crippen LogP contribution in [0.25, 0.3) is 11.5 Å². The predicted molar refractivity (Wildman–Crippen MR) is 123 cm³/mol. The van der Waals surface area contributed by atoms with Crippen molar-refractivity contribution in [3.05, 3.63) is 70.9 Å². The molecule has 2 heterocycles. The monoisotopic (exact) mass is 450 g/mol. The van der Waals surface area contributed by atoms with Crippen LogP contribution in [0, 0.1) is 13.8 Å². The van der Waals surface area contributed by atoms with E-state index in [1.54, 1.807) is 0 Å². The Labute approximate surface area is 191 Å². The third kappa shape index (κ3) is 5.37. The molecule has 0 bridgehead atoms. The molecule has 0 spiro atoms. The Morgan fingerprint density at radius 2 is 1.59 bits per heavy atom. The standard InChI is InChI=1S/C24H26N4O3S/c1-15-6-11-19(12-16(15)2)29-13-20-25-28-23(31-20)32-14-21-26-27-22(30-21)17-7-9-18(10-8-17)24(3,4)5/h6-12H,13-14H2,1-5H3. The fourth-order valence-electron chi connectivity index (χ4n) is 2.97. The zero-order chi connectivity index (χ0) is 22.7. The molecule has 8 heteroatoms. The van der Waals surface area contributed by atoms with Gasteiger partial charge in [0.15, 0.2) is 6.61 Å². The quantitative estimate of drug-likeness (QED) is 0.321. The highest BCUT2D eigenvalue weighted by molar-refractivity contribution is 7.98. The molecule has 4 rings (SSSR count). The molecule has 4 aromatic rings. The van der Waals surface area contributed by atoms with Crippen molar-refractivity contribution in [2.75, 3.05) is 0 Å². The Morgan fingerprint density at radius 1 is 0.844 bits per heavy atom. The molecule has 7 nitrogen and oxygen atoms in total. The lowest BCUT2D eigenvalue weighted by Crippen LogP contribution is -2.10. The van der Waals surface area contributed by atoms with Gasteiger partial charge in [0.1, 0.15) is 5.75 Å². The fourth-order valence-corrected chi connectivity index (χ4v) is 3.59. The molecule has 0 amide bonds. The molecule has 0 radical (unpaired) electrons. The first kappa shape index (κ1) is 22.1. The molecular formula is C24H26N4O3S. The minimum Gasteiger partial charge on any atom is -0.484 e. The number of rotatable bonds is 7. The van der Waals surface area contributed by atoms with Crippen molar-refractivity contribution in [1.29, 1.82) is 0 Å². The average Bonchev–Trinajstić information content (AvgIpc) is 3.42. The second kappa shape index (κ2) is 9.16. The minimum absolute atomic E-state index is 0.0994. The Balaban J connectivity index is 1.31. The number of ether oxygens (including phenoxy) is 1. The number of aryl methyl sites for hydroxylation is 2. The van der Waals surface area contributed by atoms with E-state index >= 15 is 0 Å². The summed E-state index contributed by atoms with van der Waals surface area (Å²) in [6.45, 7) is 10.9. The maximum absolute atomic E-state index is 5.79. The molecule has 0 aliphatic heterocycles. The highest BCUT2D eigenvalue weighted by Crippen LogP contribution is 2.27. The highest BCUT2D eigenvalue weighted by atomic mass is 32.2. The van der Waals surface area contributed by atoms with Gasteiger partial charge in [0.25, 0.3) is 11.1 Å². The predicted octanol–water partition coefficient (Wildman–Crippen LogP) is 5.91. The van der Waals surface area contributed by atoms with E-state index in [4.69, 9.17) is 13.6 Å². The van der Waals surface area contributed by atoms with Gasteiger partial charge < -0.3 is 13.6 Å². The third-order valence-corrected chi connectivity index (χ3v) is 5.88. The first-order valence-corrected chi connectivity index (χ1v) is 11.3. The molecule has 0 atom stereocenters. The number of benzene rings is 2. The molecule has 0 unspecified atom stereocenters. The molecule has 0 aliphatic rings. The third-order valence-electron chi connectivity index (χ3n) is 5.07. The van der Waals surface area contributed by atoms with Crippen molar-refractivity contribution in [2.45, 2.75) is 57.6 Å². The summed E-state index contributed by atoms with van der Waals surface area (Å²) in [5, 5.41) is 16.8. The average molecular weight is 451 g/mol. The van der Waals surface area contributed by atoms with Gasteiger partial charge in [0.2, 0.25) is 11.8 Å². The molecule has 0 fully saturated rings. The summed E-state index contributed by atoms with van der Waals surface area (Å²) in [6.07, 6.45) is 0. The Hall–Kier alpha value is -3.13. The number of nitrogens with zero attached hydrogens (tertiary/aromatic N) is 4. The summed E-state index contributed by atoms with van der Waals surface area (Å²) in [4.78, 5) is 0. The van der Waals surface area contributed by atoms with E-state index in [1.807, 2.05) is 37.3 Å². The van der Waals surface area contributed by atoms with Gasteiger partial charge in [-0.1, -0.05) is 50.7 Å². The van der Waals surface area contributed by atoms with Crippen molar-refractivity contribution < 1.29 is 13.6 Å². The van der Waals surface area contributed by atoms with E-state index in [2.05, 4.69) is 60.2 Å². The zero-order valence-electron chi connectivity index (χ0n) is 18.9. The molecule has 2 aromatic carbocycles. The largest absolute Gasteiger partial charge is 0.484 e. The normalized spacial score (nSPS) is 11.7. The minimum atomic E-state index is 0.0994. The van der Waals surface area contributed by atoms with Gasteiger partial charge in [0, 0.05) is 5.56 Å². The van der Waals surface area contributed by atoms with E-state index in [9.17, 15) is 0 Å². The van der Waals surface area contributed by atoms with Crippen LogP contribution >= 0.6 is 11.8 Å². The Bertz CT molecular complexity index is 1190. The van der Waals surface area contributed by atoms with Crippen LogP contribution in [-0.2, 0) is 17.8 Å². The molecule has 2 aromatic heterocycles. The molecule has 166 valence electrons. The van der Waals surface area contributed by atoms with Gasteiger partial charge in [-0.05, 0) is 60.2 Å². The maximum Gasteiger partial charge on any atom is 0.277 e. The zero-order valence-corrected chi connectivity index (χ0v) is 19.7. The lowest BCUT2D eigenvalue weighted by atomic mass is 9.87. The van der Waals surface area contributed by atoms with Crippen molar-refractivity contribution in [3.8, 4) is 17.2 Å². The van der Waals surface area contributed by atoms with Gasteiger partial charge in [0.05, 0.1) is 5.75 Å². The highest BCUT2D eigenvalue weighted by Gasteiger charge is 2.15. The SMILES string of the molecule is Cc1ccc(OCc2nnc(SCc3nnc(-c4ccc(C(C)(C)C)cc4)o3)o2)cc1C. The van der Waals surface area contributed by atoms with Gasteiger partial charge in [-0.3, -0.25) is 0 Å². The Kier molecular flexibility index (Phi) is 6.32. The molecule has 0 saturated carbocycles. The summed E-state index contributed by atoms with van der Waals surface area (Å²) in [6, 6.07) is 14.1. The van der Waals surface area contributed by atoms with Crippen molar-refractivity contribution >= 4 is 11.8 Å². The summed E-state index contributed by atoms with van der Waals surface area (Å²) in [7, 11) is 0. The smallest absolute Gasteiger partial charge is 0.277 e. The second-order valence-electron chi connectivity index (χ2n) is 8.61. The van der Waals surface area contributed by atoms with E-state index in [-0.39, 0.29) is 12.0 Å². The van der Waals surface area contributed by atoms with Gasteiger partial charge >= 0.3 is 0 Å². The second-order valence-corrected chi connectivity index (χ2v) is 9.54. The molecule has 32 heavy (non-hydrogen) atoms. The molecule has 0 N–H and O–H groups in total. The molecular weight excluding hydrogens is 424 g/mol. The molecule has 0 saturated heterocycles. The van der Waals surface area contributed by atoms with Crippen LogP contribution in [0.1, 0.15) is 49.2 Å². The van der Waals surface area contributed by atoms with Crippen molar-refractivity contribution in [1.82, 2.24) is 20.4 Å². The van der Waals surface area contributed by atoms with E-state index in [0.717, 1.165) is 11.3 Å². The fraction of sp³-hybridized carbons (Fsp3) is 0.333. The summed E-state index contributed by atoms with van der Waals surface area (Å²) in [5.74, 6) is 2.61. The van der Waals surface area contributed by atoms with Crippen LogP contribution in [0.3, 0.4) is 0 Å². The van der Waals surface area contributed by atoms with Gasteiger partial charge in [-0.15, -0.1) is 20.4 Å². The summed E-state index contributed by atoms with van der Waals surface area (Å²) < 4.78 is 17.2. The lowest BCUT2D eigenvalue weighted by Gasteiger charge is -2.18. The van der Waals surface area contributed by atoms with Crippen molar-refractivity contribution in [2.24, 2.45) is 0 Å². The Morgan fingerprint density at radius 3 is 2.31 bits per heavy atom. The van der Waals surface area contributed by atoms with Crippen LogP contribution in [-0.4, -0.2) is 20.4 Å². The van der Waals surface area contributed by atoms with Gasteiger partial charge in [-0.2, -0.15) is 0 Å². The maximum atomic E-state index is 5.79. The van der Waals surface area contributed by atoms with Crippen LogP contribution in [0.4, 0.5) is 0 Å². The number of hydrogen-bond acceptors (Lipinski definition) is 8. The van der Waals surface area contributed by atoms with Crippen LogP contribution in [0.15, 0.2) is 56.5 Å². The number of thioether (sulfide) groups is 1. The van der Waals surface area contributed by atoms with Crippen molar-refractivity contribution in [3.63, 3.8) is 0 Å². The van der Waals surface area contributed by atoms with Crippen LogP contribution in [0.2, 0.25) is 0 Å². The lowest BCUT2D eigenvalue weighted by molar-refractivity contribution is 0.252. The molecule has 0 aliphatic carbocycles. The summed E-state index contributed by atoms with van der Waals surface area (Å²) >= 11 is 1.34.